The molecule has 2 unspecified atom stereocenters. The van der Waals surface area contributed by atoms with Crippen molar-refractivity contribution < 1.29 is 24.5 Å². The highest BCUT2D eigenvalue weighted by Gasteiger charge is 2.20. The fourth-order valence-corrected chi connectivity index (χ4v) is 9.51. The Morgan fingerprint density at radius 2 is 0.691 bits per heavy atom. The van der Waals surface area contributed by atoms with E-state index in [1.165, 1.54) is 257 Å². The SMILES string of the molecule is CCCCC/C=C\CCCCCCCC(=O)OCCCCCCCCCCCC/C=C\CCCCCCCCCC(=O)NC(CO)C(O)CCCCCCCCCCCCCCCCCCCC. The minimum atomic E-state index is -0.669. The summed E-state index contributed by atoms with van der Waals surface area (Å²) < 4.78 is 5.46. The maximum atomic E-state index is 12.5. The van der Waals surface area contributed by atoms with Crippen LogP contribution in [0, 0.1) is 0 Å². The van der Waals surface area contributed by atoms with E-state index < -0.39 is 12.1 Å². The van der Waals surface area contributed by atoms with Crippen molar-refractivity contribution in [2.24, 2.45) is 0 Å². The third kappa shape index (κ3) is 53.7. The normalized spacial score (nSPS) is 12.7. The monoisotopic (exact) mass is 958 g/mol. The molecule has 0 radical (unpaired) electrons. The lowest BCUT2D eigenvalue weighted by Crippen LogP contribution is -2.45. The maximum absolute atomic E-state index is 12.5. The van der Waals surface area contributed by atoms with Gasteiger partial charge < -0.3 is 20.3 Å². The summed E-state index contributed by atoms with van der Waals surface area (Å²) in [6.07, 6.45) is 70.4. The number of hydrogen-bond donors (Lipinski definition) is 3. The van der Waals surface area contributed by atoms with Gasteiger partial charge in [0.25, 0.3) is 0 Å². The van der Waals surface area contributed by atoms with E-state index in [2.05, 4.69) is 43.5 Å². The largest absolute Gasteiger partial charge is 0.466 e. The number of aliphatic hydroxyl groups excluding tert-OH is 2. The number of amides is 1. The van der Waals surface area contributed by atoms with Crippen LogP contribution in [0.5, 0.6) is 0 Å². The van der Waals surface area contributed by atoms with Gasteiger partial charge in [0.05, 0.1) is 25.4 Å². The average Bonchev–Trinajstić information content (AvgIpc) is 3.34. The molecule has 2 atom stereocenters. The summed E-state index contributed by atoms with van der Waals surface area (Å²) in [6, 6.07) is -0.547. The standard InChI is InChI=1S/C62H119NO5/c1-3-5-7-9-11-13-15-17-18-19-25-28-31-34-38-42-46-50-54-60(65)59(58-64)63-61(66)55-51-47-43-39-35-32-29-26-23-21-20-22-24-27-30-33-37-41-45-49-53-57-68-62(67)56-52-48-44-40-36-16-14-12-10-8-6-4-2/h12,14,21,23,59-60,64-65H,3-11,13,15-20,22,24-58H2,1-2H3,(H,63,66)/b14-12-,23-21-. The summed E-state index contributed by atoms with van der Waals surface area (Å²) in [5.74, 6) is -0.0418. The average molecular weight is 959 g/mol. The molecular formula is C62H119NO5. The van der Waals surface area contributed by atoms with Crippen LogP contribution in [-0.4, -0.2) is 47.4 Å². The van der Waals surface area contributed by atoms with Crippen molar-refractivity contribution in [3.05, 3.63) is 24.3 Å². The highest BCUT2D eigenvalue weighted by molar-refractivity contribution is 5.76. The molecule has 402 valence electrons. The van der Waals surface area contributed by atoms with E-state index in [0.717, 1.165) is 44.9 Å². The number of allylic oxidation sites excluding steroid dienone is 4. The lowest BCUT2D eigenvalue weighted by Gasteiger charge is -2.22. The fraction of sp³-hybridized carbons (Fsp3) is 0.903. The van der Waals surface area contributed by atoms with Gasteiger partial charge in [0, 0.05) is 12.8 Å². The number of carbonyl (C=O) groups excluding carboxylic acids is 2. The first-order valence-electron chi connectivity index (χ1n) is 30.6. The minimum Gasteiger partial charge on any atom is -0.466 e. The van der Waals surface area contributed by atoms with Gasteiger partial charge in [-0.3, -0.25) is 9.59 Å². The summed E-state index contributed by atoms with van der Waals surface area (Å²) in [4.78, 5) is 24.5. The molecule has 0 bridgehead atoms. The Morgan fingerprint density at radius 3 is 1.07 bits per heavy atom. The number of esters is 1. The lowest BCUT2D eigenvalue weighted by atomic mass is 10.0. The van der Waals surface area contributed by atoms with Crippen molar-refractivity contribution in [3.8, 4) is 0 Å². The van der Waals surface area contributed by atoms with Gasteiger partial charge in [-0.25, -0.2) is 0 Å². The predicted octanol–water partition coefficient (Wildman–Crippen LogP) is 19.0. The predicted molar refractivity (Wildman–Crippen MR) is 296 cm³/mol. The number of ether oxygens (including phenoxy) is 1. The molecule has 0 aliphatic carbocycles. The van der Waals surface area contributed by atoms with Gasteiger partial charge in [0.1, 0.15) is 0 Å². The molecule has 0 saturated heterocycles. The number of rotatable bonds is 57. The van der Waals surface area contributed by atoms with Gasteiger partial charge in [-0.15, -0.1) is 0 Å². The highest BCUT2D eigenvalue weighted by atomic mass is 16.5. The number of unbranched alkanes of at least 4 members (excludes halogenated alkanes) is 42. The van der Waals surface area contributed by atoms with Crippen molar-refractivity contribution in [2.75, 3.05) is 13.2 Å². The second kappa shape index (κ2) is 57.9. The van der Waals surface area contributed by atoms with E-state index in [1.807, 2.05) is 0 Å². The molecule has 68 heavy (non-hydrogen) atoms. The molecule has 0 aliphatic rings. The Kier molecular flexibility index (Phi) is 56.5. The summed E-state index contributed by atoms with van der Waals surface area (Å²) in [5, 5.41) is 23.3. The molecule has 0 aromatic heterocycles. The molecule has 0 fully saturated rings. The number of carbonyl (C=O) groups is 2. The maximum Gasteiger partial charge on any atom is 0.305 e. The van der Waals surface area contributed by atoms with Gasteiger partial charge in [0.15, 0.2) is 0 Å². The first kappa shape index (κ1) is 66.3. The van der Waals surface area contributed by atoms with Crippen LogP contribution in [0.2, 0.25) is 0 Å². The Morgan fingerprint density at radius 1 is 0.397 bits per heavy atom. The van der Waals surface area contributed by atoms with Crippen LogP contribution in [0.25, 0.3) is 0 Å². The fourth-order valence-electron chi connectivity index (χ4n) is 9.51. The van der Waals surface area contributed by atoms with E-state index in [0.29, 0.717) is 25.9 Å². The molecule has 0 aromatic rings. The van der Waals surface area contributed by atoms with Crippen molar-refractivity contribution in [1.82, 2.24) is 5.32 Å². The summed E-state index contributed by atoms with van der Waals surface area (Å²) in [6.45, 7) is 4.94. The Labute approximate surface area is 424 Å². The van der Waals surface area contributed by atoms with E-state index in [1.54, 1.807) is 0 Å². The van der Waals surface area contributed by atoms with Crippen LogP contribution in [0.3, 0.4) is 0 Å². The van der Waals surface area contributed by atoms with Crippen LogP contribution < -0.4 is 5.32 Å². The smallest absolute Gasteiger partial charge is 0.305 e. The van der Waals surface area contributed by atoms with Gasteiger partial charge in [-0.1, -0.05) is 269 Å². The lowest BCUT2D eigenvalue weighted by molar-refractivity contribution is -0.143. The van der Waals surface area contributed by atoms with Crippen LogP contribution in [-0.2, 0) is 14.3 Å². The van der Waals surface area contributed by atoms with Crippen molar-refractivity contribution in [3.63, 3.8) is 0 Å². The summed E-state index contributed by atoms with van der Waals surface area (Å²) in [7, 11) is 0. The van der Waals surface area contributed by atoms with Crippen LogP contribution in [0.1, 0.15) is 335 Å². The third-order valence-corrected chi connectivity index (χ3v) is 14.2. The van der Waals surface area contributed by atoms with Crippen molar-refractivity contribution >= 4 is 11.9 Å². The second-order valence-electron chi connectivity index (χ2n) is 21.0. The first-order valence-corrected chi connectivity index (χ1v) is 30.6. The Balaban J connectivity index is 3.43. The van der Waals surface area contributed by atoms with Crippen LogP contribution in [0.15, 0.2) is 24.3 Å². The van der Waals surface area contributed by atoms with Gasteiger partial charge in [-0.2, -0.15) is 0 Å². The zero-order chi connectivity index (χ0) is 49.3. The minimum absolute atomic E-state index is 0.00154. The molecule has 6 heteroatoms. The zero-order valence-electron chi connectivity index (χ0n) is 45.9. The van der Waals surface area contributed by atoms with Crippen molar-refractivity contribution in [1.29, 1.82) is 0 Å². The van der Waals surface area contributed by atoms with Gasteiger partial charge in [-0.05, 0) is 77.0 Å². The molecule has 0 heterocycles. The number of nitrogens with one attached hydrogen (secondary N) is 1. The molecule has 1 amide bonds. The van der Waals surface area contributed by atoms with Gasteiger partial charge in [0.2, 0.25) is 5.91 Å². The van der Waals surface area contributed by atoms with E-state index in [-0.39, 0.29) is 18.5 Å². The molecule has 0 aliphatic heterocycles. The molecule has 3 N–H and O–H groups in total. The highest BCUT2D eigenvalue weighted by Crippen LogP contribution is 2.17. The van der Waals surface area contributed by atoms with E-state index >= 15 is 0 Å². The zero-order valence-corrected chi connectivity index (χ0v) is 45.9. The topological polar surface area (TPSA) is 95.9 Å². The van der Waals surface area contributed by atoms with E-state index in [4.69, 9.17) is 4.74 Å². The molecule has 0 saturated carbocycles. The number of aliphatic hydroxyl groups is 2. The Bertz CT molecular complexity index is 1060. The molecular weight excluding hydrogens is 839 g/mol. The van der Waals surface area contributed by atoms with Gasteiger partial charge >= 0.3 is 5.97 Å². The quantitative estimate of drug-likeness (QED) is 0.0321. The van der Waals surface area contributed by atoms with Crippen molar-refractivity contribution in [2.45, 2.75) is 347 Å². The molecule has 0 spiro atoms. The number of hydrogen-bond acceptors (Lipinski definition) is 5. The Hall–Kier alpha value is -1.66. The second-order valence-corrected chi connectivity index (χ2v) is 21.0. The first-order chi connectivity index (χ1) is 33.5. The molecule has 6 nitrogen and oxygen atoms in total. The summed E-state index contributed by atoms with van der Waals surface area (Å²) >= 11 is 0. The molecule has 0 rings (SSSR count). The van der Waals surface area contributed by atoms with Crippen LogP contribution >= 0.6 is 0 Å². The molecule has 0 aromatic carbocycles. The third-order valence-electron chi connectivity index (χ3n) is 14.2. The summed E-state index contributed by atoms with van der Waals surface area (Å²) in [5.41, 5.74) is 0. The van der Waals surface area contributed by atoms with Crippen LogP contribution in [0.4, 0.5) is 0 Å². The van der Waals surface area contributed by atoms with E-state index in [9.17, 15) is 19.8 Å².